The van der Waals surface area contributed by atoms with E-state index in [4.69, 9.17) is 0 Å². The average molecular weight is 228 g/mol. The van der Waals surface area contributed by atoms with E-state index in [0.717, 1.165) is 0 Å². The van der Waals surface area contributed by atoms with Crippen molar-refractivity contribution in [3.8, 4) is 0 Å². The number of hydrogen-bond donors (Lipinski definition) is 0. The molecular formula is C16H22N+. The maximum absolute atomic E-state index is 2.52. The Morgan fingerprint density at radius 1 is 1.18 bits per heavy atom. The van der Waals surface area contributed by atoms with Gasteiger partial charge in [-0.1, -0.05) is 6.08 Å². The van der Waals surface area contributed by atoms with Crippen LogP contribution in [0.1, 0.15) is 52.9 Å². The van der Waals surface area contributed by atoms with E-state index in [1.807, 2.05) is 0 Å². The SMILES string of the molecule is C/C1=C/CCC2=C3C(=CC=[N+]3C1(C)C)CCC2. The Balaban J connectivity index is 2.14. The molecule has 0 aromatic heterocycles. The van der Waals surface area contributed by atoms with E-state index in [1.165, 1.54) is 37.7 Å². The summed E-state index contributed by atoms with van der Waals surface area (Å²) in [5.41, 5.74) is 6.47. The summed E-state index contributed by atoms with van der Waals surface area (Å²) in [4.78, 5) is 0. The molecule has 0 saturated heterocycles. The summed E-state index contributed by atoms with van der Waals surface area (Å²) < 4.78 is 2.52. The Labute approximate surface area is 104 Å². The van der Waals surface area contributed by atoms with Crippen molar-refractivity contribution in [2.45, 2.75) is 58.4 Å². The number of allylic oxidation sites excluding steroid dienone is 4. The third kappa shape index (κ3) is 1.55. The van der Waals surface area contributed by atoms with Crippen molar-refractivity contribution in [3.05, 3.63) is 34.6 Å². The molecule has 17 heavy (non-hydrogen) atoms. The Kier molecular flexibility index (Phi) is 2.39. The van der Waals surface area contributed by atoms with Crippen molar-refractivity contribution >= 4 is 6.21 Å². The molecule has 1 heteroatoms. The van der Waals surface area contributed by atoms with Crippen LogP contribution < -0.4 is 0 Å². The van der Waals surface area contributed by atoms with Gasteiger partial charge < -0.3 is 0 Å². The quantitative estimate of drug-likeness (QED) is 0.436. The first-order chi connectivity index (χ1) is 8.10. The smallest absolute Gasteiger partial charge is 0.190 e. The van der Waals surface area contributed by atoms with E-state index in [0.29, 0.717) is 0 Å². The standard InChI is InChI=1S/C16H22N/c1-12-6-4-7-13-8-5-9-14-10-11-17(15(13)14)16(12,2)3/h6,10-11H,4-5,7-9H2,1-3H3/q+1/b12-6-. The highest BCUT2D eigenvalue weighted by atomic mass is 15.1. The van der Waals surface area contributed by atoms with Crippen LogP contribution in [-0.2, 0) is 0 Å². The zero-order chi connectivity index (χ0) is 12.0. The Hall–Kier alpha value is -1.11. The second-order valence-corrected chi connectivity index (χ2v) is 6.00. The monoisotopic (exact) mass is 228 g/mol. The van der Waals surface area contributed by atoms with Crippen LogP contribution in [0.3, 0.4) is 0 Å². The predicted molar refractivity (Wildman–Crippen MR) is 72.4 cm³/mol. The van der Waals surface area contributed by atoms with Gasteiger partial charge in [0.15, 0.2) is 11.8 Å². The molecule has 1 aliphatic carbocycles. The molecule has 0 spiro atoms. The average Bonchev–Trinajstić information content (AvgIpc) is 2.72. The molecule has 1 nitrogen and oxygen atoms in total. The van der Waals surface area contributed by atoms with E-state index in [9.17, 15) is 0 Å². The molecule has 0 aromatic carbocycles. The minimum atomic E-state index is 0.136. The van der Waals surface area contributed by atoms with Gasteiger partial charge >= 0.3 is 0 Å². The van der Waals surface area contributed by atoms with E-state index >= 15 is 0 Å². The van der Waals surface area contributed by atoms with Crippen molar-refractivity contribution in [2.24, 2.45) is 0 Å². The highest BCUT2D eigenvalue weighted by Crippen LogP contribution is 2.40. The lowest BCUT2D eigenvalue weighted by atomic mass is 9.84. The summed E-state index contributed by atoms with van der Waals surface area (Å²) in [7, 11) is 0. The normalized spacial score (nSPS) is 29.7. The van der Waals surface area contributed by atoms with Gasteiger partial charge in [0.05, 0.1) is 0 Å². The van der Waals surface area contributed by atoms with Gasteiger partial charge in [-0.3, -0.25) is 0 Å². The highest BCUT2D eigenvalue weighted by Gasteiger charge is 2.41. The largest absolute Gasteiger partial charge is 0.208 e. The Bertz CT molecular complexity index is 484. The summed E-state index contributed by atoms with van der Waals surface area (Å²) in [6.07, 6.45) is 13.5. The summed E-state index contributed by atoms with van der Waals surface area (Å²) in [5, 5.41) is 0. The molecule has 0 N–H and O–H groups in total. The Morgan fingerprint density at radius 2 is 2.00 bits per heavy atom. The molecule has 3 aliphatic rings. The summed E-state index contributed by atoms with van der Waals surface area (Å²) in [5.74, 6) is 0. The second kappa shape index (κ2) is 3.69. The molecule has 0 bridgehead atoms. The van der Waals surface area contributed by atoms with Crippen molar-refractivity contribution < 1.29 is 4.58 Å². The molecule has 0 unspecified atom stereocenters. The van der Waals surface area contributed by atoms with Crippen molar-refractivity contribution in [3.63, 3.8) is 0 Å². The van der Waals surface area contributed by atoms with Crippen LogP contribution in [0, 0.1) is 0 Å². The number of rotatable bonds is 0. The molecule has 2 heterocycles. The first-order valence-corrected chi connectivity index (χ1v) is 6.84. The molecule has 0 atom stereocenters. The van der Waals surface area contributed by atoms with Crippen LogP contribution in [0.2, 0.25) is 0 Å². The molecule has 3 rings (SSSR count). The van der Waals surface area contributed by atoms with Crippen molar-refractivity contribution in [2.75, 3.05) is 0 Å². The summed E-state index contributed by atoms with van der Waals surface area (Å²) >= 11 is 0. The molecule has 0 aromatic rings. The zero-order valence-electron chi connectivity index (χ0n) is 11.2. The maximum Gasteiger partial charge on any atom is 0.208 e. The van der Waals surface area contributed by atoms with Gasteiger partial charge in [-0.05, 0) is 44.6 Å². The van der Waals surface area contributed by atoms with Gasteiger partial charge in [-0.25, -0.2) is 0 Å². The van der Waals surface area contributed by atoms with Crippen LogP contribution in [0.25, 0.3) is 0 Å². The third-order valence-electron chi connectivity index (χ3n) is 4.69. The van der Waals surface area contributed by atoms with Gasteiger partial charge in [0.25, 0.3) is 0 Å². The fraction of sp³-hybridized carbons (Fsp3) is 0.562. The lowest BCUT2D eigenvalue weighted by Gasteiger charge is -2.28. The van der Waals surface area contributed by atoms with E-state index < -0.39 is 0 Å². The summed E-state index contributed by atoms with van der Waals surface area (Å²) in [6.45, 7) is 6.97. The second-order valence-electron chi connectivity index (χ2n) is 6.00. The fourth-order valence-corrected chi connectivity index (χ4v) is 3.29. The molecule has 0 radical (unpaired) electrons. The van der Waals surface area contributed by atoms with Crippen molar-refractivity contribution in [1.29, 1.82) is 0 Å². The van der Waals surface area contributed by atoms with Gasteiger partial charge in [0, 0.05) is 31.1 Å². The third-order valence-corrected chi connectivity index (χ3v) is 4.69. The van der Waals surface area contributed by atoms with Gasteiger partial charge in [0.1, 0.15) is 0 Å². The first-order valence-electron chi connectivity index (χ1n) is 6.84. The number of hydrogen-bond acceptors (Lipinski definition) is 0. The Morgan fingerprint density at radius 3 is 2.82 bits per heavy atom. The topological polar surface area (TPSA) is 3.01 Å². The minimum Gasteiger partial charge on any atom is -0.190 e. The summed E-state index contributed by atoms with van der Waals surface area (Å²) in [6, 6.07) is 0. The maximum atomic E-state index is 2.52. The molecule has 0 amide bonds. The molecule has 0 fully saturated rings. The van der Waals surface area contributed by atoms with Crippen molar-refractivity contribution in [1.82, 2.24) is 0 Å². The first kappa shape index (κ1) is 11.0. The molecular weight excluding hydrogens is 206 g/mol. The molecule has 2 aliphatic heterocycles. The fourth-order valence-electron chi connectivity index (χ4n) is 3.29. The molecule has 90 valence electrons. The lowest BCUT2D eigenvalue weighted by molar-refractivity contribution is -0.536. The van der Waals surface area contributed by atoms with Crippen LogP contribution in [0.4, 0.5) is 0 Å². The van der Waals surface area contributed by atoms with Crippen LogP contribution in [0.15, 0.2) is 34.6 Å². The molecule has 0 saturated carbocycles. The number of nitrogens with zero attached hydrogens (tertiary/aromatic N) is 1. The van der Waals surface area contributed by atoms with Gasteiger partial charge in [0.2, 0.25) is 5.70 Å². The lowest BCUT2D eigenvalue weighted by Crippen LogP contribution is -2.38. The van der Waals surface area contributed by atoms with E-state index in [-0.39, 0.29) is 5.54 Å². The van der Waals surface area contributed by atoms with Crippen LogP contribution in [-0.4, -0.2) is 16.3 Å². The zero-order valence-corrected chi connectivity index (χ0v) is 11.2. The van der Waals surface area contributed by atoms with Gasteiger partial charge in [-0.2, -0.15) is 4.58 Å². The van der Waals surface area contributed by atoms with Crippen LogP contribution in [0.5, 0.6) is 0 Å². The van der Waals surface area contributed by atoms with E-state index in [2.05, 4.69) is 43.7 Å². The van der Waals surface area contributed by atoms with Crippen LogP contribution >= 0.6 is 0 Å². The van der Waals surface area contributed by atoms with E-state index in [1.54, 1.807) is 16.8 Å². The van der Waals surface area contributed by atoms with Gasteiger partial charge in [-0.15, -0.1) is 0 Å². The highest BCUT2D eigenvalue weighted by molar-refractivity contribution is 5.74. The minimum absolute atomic E-state index is 0.136. The predicted octanol–water partition coefficient (Wildman–Crippen LogP) is 3.97.